The highest BCUT2D eigenvalue weighted by molar-refractivity contribution is 5.66. The predicted octanol–water partition coefficient (Wildman–Crippen LogP) is 3.71. The van der Waals surface area contributed by atoms with Gasteiger partial charge >= 0.3 is 12.1 Å². The third-order valence-corrected chi connectivity index (χ3v) is 3.82. The minimum Gasteiger partial charge on any atom is -0.481 e. The first-order valence-corrected chi connectivity index (χ1v) is 6.93. The average Bonchev–Trinajstić information content (AvgIpc) is 3.22. The Balaban J connectivity index is 2.09. The first kappa shape index (κ1) is 15.8. The summed E-state index contributed by atoms with van der Waals surface area (Å²) in [5.41, 5.74) is 0.113. The molecule has 3 nitrogen and oxygen atoms in total. The molecular formula is C15H18F3NO2. The molecule has 0 saturated heterocycles. The van der Waals surface area contributed by atoms with Crippen LogP contribution < -0.4 is 0 Å². The molecule has 1 unspecified atom stereocenters. The van der Waals surface area contributed by atoms with E-state index in [1.807, 2.05) is 6.92 Å². The molecule has 1 atom stereocenters. The molecule has 21 heavy (non-hydrogen) atoms. The summed E-state index contributed by atoms with van der Waals surface area (Å²) in [5, 5.41) is 8.79. The number of hydrogen-bond acceptors (Lipinski definition) is 2. The summed E-state index contributed by atoms with van der Waals surface area (Å²) in [6.07, 6.45) is -2.25. The van der Waals surface area contributed by atoms with E-state index in [1.165, 1.54) is 12.1 Å². The normalized spacial score (nSPS) is 17.0. The van der Waals surface area contributed by atoms with Crippen LogP contribution in [0.3, 0.4) is 0 Å². The highest BCUT2D eigenvalue weighted by atomic mass is 19.4. The maximum Gasteiger partial charge on any atom is 0.416 e. The lowest BCUT2D eigenvalue weighted by molar-refractivity contribution is -0.138. The van der Waals surface area contributed by atoms with Crippen molar-refractivity contribution in [2.24, 2.45) is 0 Å². The van der Waals surface area contributed by atoms with Gasteiger partial charge in [-0.05, 0) is 37.5 Å². The van der Waals surface area contributed by atoms with Crippen molar-refractivity contribution < 1.29 is 23.1 Å². The largest absolute Gasteiger partial charge is 0.481 e. The molecule has 1 fully saturated rings. The molecule has 1 aliphatic rings. The number of carboxylic acid groups (broad SMARTS) is 1. The highest BCUT2D eigenvalue weighted by Gasteiger charge is 2.34. The van der Waals surface area contributed by atoms with Gasteiger partial charge in [-0.25, -0.2) is 0 Å². The number of nitrogens with zero attached hydrogens (tertiary/aromatic N) is 1. The maximum atomic E-state index is 12.6. The van der Waals surface area contributed by atoms with Gasteiger partial charge in [0.25, 0.3) is 0 Å². The lowest BCUT2D eigenvalue weighted by Gasteiger charge is -2.29. The van der Waals surface area contributed by atoms with Crippen LogP contribution in [-0.4, -0.2) is 28.6 Å². The number of benzene rings is 1. The Morgan fingerprint density at radius 3 is 2.33 bits per heavy atom. The maximum absolute atomic E-state index is 12.6. The first-order chi connectivity index (χ1) is 9.79. The summed E-state index contributed by atoms with van der Waals surface area (Å²) < 4.78 is 37.7. The zero-order valence-corrected chi connectivity index (χ0v) is 11.7. The summed E-state index contributed by atoms with van der Waals surface area (Å²) in [5.74, 6) is -0.861. The van der Waals surface area contributed by atoms with Crippen LogP contribution in [0.4, 0.5) is 13.2 Å². The molecule has 0 aliphatic heterocycles. The van der Waals surface area contributed by atoms with Gasteiger partial charge in [0.05, 0.1) is 12.0 Å². The van der Waals surface area contributed by atoms with E-state index in [0.717, 1.165) is 30.5 Å². The highest BCUT2D eigenvalue weighted by Crippen LogP contribution is 2.35. The Morgan fingerprint density at radius 1 is 1.33 bits per heavy atom. The van der Waals surface area contributed by atoms with Gasteiger partial charge < -0.3 is 5.11 Å². The Bertz CT molecular complexity index is 495. The Kier molecular flexibility index (Phi) is 4.56. The Morgan fingerprint density at radius 2 is 1.90 bits per heavy atom. The van der Waals surface area contributed by atoms with Crippen LogP contribution >= 0.6 is 0 Å². The standard InChI is InChI=1S/C15H18F3NO2/c1-10(19(13-6-7-13)9-8-14(20)21)11-2-4-12(5-3-11)15(16,17)18/h2-5,10,13H,6-9H2,1H3,(H,20,21). The lowest BCUT2D eigenvalue weighted by atomic mass is 10.0. The van der Waals surface area contributed by atoms with Crippen LogP contribution in [0, 0.1) is 0 Å². The van der Waals surface area contributed by atoms with Gasteiger partial charge in [0.15, 0.2) is 0 Å². The summed E-state index contributed by atoms with van der Waals surface area (Å²) in [6.45, 7) is 2.32. The van der Waals surface area contributed by atoms with E-state index in [0.29, 0.717) is 12.6 Å². The average molecular weight is 301 g/mol. The molecule has 0 bridgehead atoms. The predicted molar refractivity (Wildman–Crippen MR) is 71.8 cm³/mol. The number of rotatable bonds is 6. The molecule has 1 N–H and O–H groups in total. The van der Waals surface area contributed by atoms with Crippen molar-refractivity contribution in [2.75, 3.05) is 6.54 Å². The van der Waals surface area contributed by atoms with E-state index < -0.39 is 17.7 Å². The summed E-state index contributed by atoms with van der Waals surface area (Å²) >= 11 is 0. The van der Waals surface area contributed by atoms with E-state index in [1.54, 1.807) is 0 Å². The minimum absolute atomic E-state index is 0.0431. The van der Waals surface area contributed by atoms with Crippen LogP contribution in [0.25, 0.3) is 0 Å². The number of carboxylic acids is 1. The van der Waals surface area contributed by atoms with E-state index in [-0.39, 0.29) is 12.5 Å². The molecule has 1 saturated carbocycles. The SMILES string of the molecule is CC(c1ccc(C(F)(F)F)cc1)N(CCC(=O)O)C1CC1. The van der Waals surface area contributed by atoms with Crippen LogP contribution in [0.2, 0.25) is 0 Å². The second-order valence-electron chi connectivity index (χ2n) is 5.41. The van der Waals surface area contributed by atoms with Crippen molar-refractivity contribution in [3.63, 3.8) is 0 Å². The molecule has 0 radical (unpaired) electrons. The van der Waals surface area contributed by atoms with Crippen LogP contribution in [0.1, 0.15) is 43.4 Å². The molecule has 2 rings (SSSR count). The number of hydrogen-bond donors (Lipinski definition) is 1. The molecule has 6 heteroatoms. The fourth-order valence-electron chi connectivity index (χ4n) is 2.47. The fourth-order valence-corrected chi connectivity index (χ4v) is 2.47. The van der Waals surface area contributed by atoms with Gasteiger partial charge in [0, 0.05) is 18.6 Å². The van der Waals surface area contributed by atoms with Gasteiger partial charge in [0.1, 0.15) is 0 Å². The first-order valence-electron chi connectivity index (χ1n) is 6.93. The second-order valence-corrected chi connectivity index (χ2v) is 5.41. The van der Waals surface area contributed by atoms with Crippen molar-refractivity contribution in [2.45, 2.75) is 44.4 Å². The van der Waals surface area contributed by atoms with Crippen molar-refractivity contribution >= 4 is 5.97 Å². The molecule has 1 aromatic rings. The molecule has 116 valence electrons. The van der Waals surface area contributed by atoms with Crippen LogP contribution in [0.5, 0.6) is 0 Å². The number of carbonyl (C=O) groups is 1. The Hall–Kier alpha value is -1.56. The third kappa shape index (κ3) is 4.20. The molecular weight excluding hydrogens is 283 g/mol. The Labute approximate surface area is 121 Å². The monoisotopic (exact) mass is 301 g/mol. The van der Waals surface area contributed by atoms with Crippen molar-refractivity contribution in [1.82, 2.24) is 4.90 Å². The van der Waals surface area contributed by atoms with E-state index in [2.05, 4.69) is 4.90 Å². The molecule has 1 aliphatic carbocycles. The zero-order chi connectivity index (χ0) is 15.6. The number of aliphatic carboxylic acids is 1. The topological polar surface area (TPSA) is 40.5 Å². The van der Waals surface area contributed by atoms with Crippen LogP contribution in [-0.2, 0) is 11.0 Å². The minimum atomic E-state index is -4.33. The molecule has 0 amide bonds. The third-order valence-electron chi connectivity index (χ3n) is 3.82. The summed E-state index contributed by atoms with van der Waals surface area (Å²) in [7, 11) is 0. The molecule has 0 heterocycles. The van der Waals surface area contributed by atoms with Gasteiger partial charge in [-0.2, -0.15) is 13.2 Å². The van der Waals surface area contributed by atoms with E-state index in [4.69, 9.17) is 5.11 Å². The van der Waals surface area contributed by atoms with E-state index in [9.17, 15) is 18.0 Å². The van der Waals surface area contributed by atoms with Crippen molar-refractivity contribution in [3.8, 4) is 0 Å². The lowest BCUT2D eigenvalue weighted by Crippen LogP contribution is -2.31. The van der Waals surface area contributed by atoms with Gasteiger partial charge in [0.2, 0.25) is 0 Å². The van der Waals surface area contributed by atoms with Gasteiger partial charge in [-0.15, -0.1) is 0 Å². The van der Waals surface area contributed by atoms with E-state index >= 15 is 0 Å². The van der Waals surface area contributed by atoms with Crippen molar-refractivity contribution in [1.29, 1.82) is 0 Å². The molecule has 1 aromatic carbocycles. The van der Waals surface area contributed by atoms with Gasteiger partial charge in [-0.1, -0.05) is 12.1 Å². The second kappa shape index (κ2) is 6.05. The summed E-state index contributed by atoms with van der Waals surface area (Å²) in [4.78, 5) is 12.8. The zero-order valence-electron chi connectivity index (χ0n) is 11.7. The summed E-state index contributed by atoms with van der Waals surface area (Å²) in [6, 6.07) is 5.37. The quantitative estimate of drug-likeness (QED) is 0.871. The molecule has 0 aromatic heterocycles. The van der Waals surface area contributed by atoms with Crippen molar-refractivity contribution in [3.05, 3.63) is 35.4 Å². The smallest absolute Gasteiger partial charge is 0.416 e. The van der Waals surface area contributed by atoms with Gasteiger partial charge in [-0.3, -0.25) is 9.69 Å². The number of halogens is 3. The molecule has 0 spiro atoms. The number of alkyl halides is 3. The van der Waals surface area contributed by atoms with Crippen LogP contribution in [0.15, 0.2) is 24.3 Å². The fraction of sp³-hybridized carbons (Fsp3) is 0.533.